The summed E-state index contributed by atoms with van der Waals surface area (Å²) in [5.41, 5.74) is 0. The van der Waals surface area contributed by atoms with E-state index in [9.17, 15) is 4.79 Å². The van der Waals surface area contributed by atoms with Crippen LogP contribution in [0.3, 0.4) is 0 Å². The highest BCUT2D eigenvalue weighted by molar-refractivity contribution is 5.69. The molecular formula is C10H20N2O3. The second-order valence-electron chi connectivity index (χ2n) is 3.69. The summed E-state index contributed by atoms with van der Waals surface area (Å²) < 4.78 is 10.4. The van der Waals surface area contributed by atoms with Gasteiger partial charge >= 0.3 is 5.97 Å². The number of hydrogen-bond donors (Lipinski definition) is 1. The number of likely N-dealkylation sites (N-methyl/N-ethyl adjacent to an activating group) is 1. The first-order valence-corrected chi connectivity index (χ1v) is 5.42. The smallest absolute Gasteiger partial charge is 0.307 e. The summed E-state index contributed by atoms with van der Waals surface area (Å²) in [6, 6.07) is 0. The van der Waals surface area contributed by atoms with E-state index in [4.69, 9.17) is 9.47 Å². The van der Waals surface area contributed by atoms with Crippen molar-refractivity contribution >= 4 is 5.97 Å². The van der Waals surface area contributed by atoms with Gasteiger partial charge in [-0.15, -0.1) is 0 Å². The number of carbonyl (C=O) groups excluding carboxylic acids is 1. The molecule has 15 heavy (non-hydrogen) atoms. The molecule has 5 nitrogen and oxygen atoms in total. The van der Waals surface area contributed by atoms with Crippen molar-refractivity contribution in [3.63, 3.8) is 0 Å². The first kappa shape index (κ1) is 12.4. The lowest BCUT2D eigenvalue weighted by Gasteiger charge is -2.32. The third-order valence-corrected chi connectivity index (χ3v) is 2.39. The number of esters is 1. The van der Waals surface area contributed by atoms with E-state index in [2.05, 4.69) is 10.2 Å². The van der Waals surface area contributed by atoms with Crippen molar-refractivity contribution in [2.45, 2.75) is 26.0 Å². The molecular weight excluding hydrogens is 196 g/mol. The van der Waals surface area contributed by atoms with Crippen LogP contribution in [0.25, 0.3) is 0 Å². The third kappa shape index (κ3) is 4.59. The van der Waals surface area contributed by atoms with Gasteiger partial charge in [-0.3, -0.25) is 9.69 Å². The quantitative estimate of drug-likeness (QED) is 0.524. The van der Waals surface area contributed by atoms with Gasteiger partial charge in [-0.25, -0.2) is 0 Å². The summed E-state index contributed by atoms with van der Waals surface area (Å²) in [5, 5.41) is 3.22. The Kier molecular flexibility index (Phi) is 5.60. The second kappa shape index (κ2) is 6.76. The van der Waals surface area contributed by atoms with Crippen LogP contribution in [0.15, 0.2) is 0 Å². The first-order valence-electron chi connectivity index (χ1n) is 5.42. The number of nitrogens with one attached hydrogen (secondary N) is 1. The van der Waals surface area contributed by atoms with Gasteiger partial charge in [0.15, 0.2) is 6.79 Å². The molecule has 1 saturated heterocycles. The minimum absolute atomic E-state index is 0.00757. The van der Waals surface area contributed by atoms with Crippen LogP contribution < -0.4 is 5.32 Å². The predicted octanol–water partition coefficient (Wildman–Crippen LogP) is 0.165. The van der Waals surface area contributed by atoms with Crippen LogP contribution in [-0.2, 0) is 14.3 Å². The molecule has 0 aliphatic carbocycles. The van der Waals surface area contributed by atoms with Gasteiger partial charge in [-0.1, -0.05) is 6.92 Å². The fourth-order valence-corrected chi connectivity index (χ4v) is 1.42. The van der Waals surface area contributed by atoms with Crippen molar-refractivity contribution in [1.29, 1.82) is 0 Å². The van der Waals surface area contributed by atoms with Gasteiger partial charge in [-0.2, -0.15) is 0 Å². The number of nitrogens with zero attached hydrogens (tertiary/aromatic N) is 1. The van der Waals surface area contributed by atoms with E-state index in [-0.39, 0.29) is 19.0 Å². The molecule has 1 aliphatic heterocycles. The Bertz CT molecular complexity index is 199. The van der Waals surface area contributed by atoms with Gasteiger partial charge in [0.2, 0.25) is 0 Å². The number of carbonyl (C=O) groups is 1. The molecule has 0 spiro atoms. The average Bonchev–Trinajstić information content (AvgIpc) is 2.21. The van der Waals surface area contributed by atoms with Crippen molar-refractivity contribution in [1.82, 2.24) is 10.2 Å². The molecule has 0 radical (unpaired) electrons. The molecule has 0 amide bonds. The largest absolute Gasteiger partial charge is 0.438 e. The molecule has 0 bridgehead atoms. The second-order valence-corrected chi connectivity index (χ2v) is 3.69. The van der Waals surface area contributed by atoms with Gasteiger partial charge in [-0.05, 0) is 13.5 Å². The molecule has 0 aromatic heterocycles. The molecule has 0 saturated carbocycles. The van der Waals surface area contributed by atoms with Crippen LogP contribution in [0.4, 0.5) is 0 Å². The highest BCUT2D eigenvalue weighted by Crippen LogP contribution is 2.02. The summed E-state index contributed by atoms with van der Waals surface area (Å²) in [6.45, 7) is 4.71. The first-order chi connectivity index (χ1) is 7.24. The molecule has 5 heteroatoms. The lowest BCUT2D eigenvalue weighted by atomic mass is 10.3. The number of hydrogen-bond acceptors (Lipinski definition) is 5. The fraction of sp³-hybridized carbons (Fsp3) is 0.900. The van der Waals surface area contributed by atoms with Crippen LogP contribution >= 0.6 is 0 Å². The van der Waals surface area contributed by atoms with Gasteiger partial charge in [0, 0.05) is 26.1 Å². The SMILES string of the molecule is CCCC(=O)OCOC1CNCCN1C. The van der Waals surface area contributed by atoms with Crippen LogP contribution in [0.1, 0.15) is 19.8 Å². The van der Waals surface area contributed by atoms with Gasteiger partial charge in [0.25, 0.3) is 0 Å². The molecule has 1 rings (SSSR count). The number of ether oxygens (including phenoxy) is 2. The lowest BCUT2D eigenvalue weighted by molar-refractivity contribution is -0.172. The Balaban J connectivity index is 2.10. The van der Waals surface area contributed by atoms with Crippen LogP contribution in [0, 0.1) is 0 Å². The number of piperazine rings is 1. The third-order valence-electron chi connectivity index (χ3n) is 2.39. The van der Waals surface area contributed by atoms with Crippen molar-refractivity contribution in [2.75, 3.05) is 33.5 Å². The van der Waals surface area contributed by atoms with E-state index in [0.29, 0.717) is 6.42 Å². The number of rotatable bonds is 5. The molecule has 1 atom stereocenters. The maximum atomic E-state index is 11.0. The Hall–Kier alpha value is -0.650. The van der Waals surface area contributed by atoms with E-state index < -0.39 is 0 Å². The summed E-state index contributed by atoms with van der Waals surface area (Å²) in [4.78, 5) is 13.1. The minimum Gasteiger partial charge on any atom is -0.438 e. The molecule has 1 aliphatic rings. The standard InChI is InChI=1S/C10H20N2O3/c1-3-4-10(13)15-8-14-9-7-11-5-6-12(9)2/h9,11H,3-8H2,1-2H3. The Labute approximate surface area is 90.7 Å². The molecule has 1 unspecified atom stereocenters. The summed E-state index contributed by atoms with van der Waals surface area (Å²) in [6.07, 6.45) is 1.28. The normalized spacial score (nSPS) is 22.7. The Morgan fingerprint density at radius 2 is 2.40 bits per heavy atom. The molecule has 1 fully saturated rings. The molecule has 0 aromatic rings. The van der Waals surface area contributed by atoms with Gasteiger partial charge < -0.3 is 14.8 Å². The van der Waals surface area contributed by atoms with Crippen LogP contribution in [0.5, 0.6) is 0 Å². The van der Waals surface area contributed by atoms with Gasteiger partial charge in [0.1, 0.15) is 6.23 Å². The maximum absolute atomic E-state index is 11.0. The molecule has 1 N–H and O–H groups in total. The fourth-order valence-electron chi connectivity index (χ4n) is 1.42. The summed E-state index contributed by atoms with van der Waals surface area (Å²) in [5.74, 6) is -0.191. The monoisotopic (exact) mass is 216 g/mol. The van der Waals surface area contributed by atoms with E-state index in [1.807, 2.05) is 14.0 Å². The summed E-state index contributed by atoms with van der Waals surface area (Å²) >= 11 is 0. The van der Waals surface area contributed by atoms with Crippen molar-refractivity contribution in [3.05, 3.63) is 0 Å². The van der Waals surface area contributed by atoms with E-state index >= 15 is 0 Å². The van der Waals surface area contributed by atoms with Crippen molar-refractivity contribution < 1.29 is 14.3 Å². The topological polar surface area (TPSA) is 50.8 Å². The maximum Gasteiger partial charge on any atom is 0.307 e. The summed E-state index contributed by atoms with van der Waals surface area (Å²) in [7, 11) is 2.00. The zero-order valence-electron chi connectivity index (χ0n) is 9.49. The van der Waals surface area contributed by atoms with Crippen molar-refractivity contribution in [3.8, 4) is 0 Å². The molecule has 0 aromatic carbocycles. The van der Waals surface area contributed by atoms with Crippen LogP contribution in [0.2, 0.25) is 0 Å². The molecule has 1 heterocycles. The Morgan fingerprint density at radius 1 is 1.60 bits per heavy atom. The zero-order chi connectivity index (χ0) is 11.1. The van der Waals surface area contributed by atoms with Crippen LogP contribution in [-0.4, -0.2) is 50.6 Å². The predicted molar refractivity (Wildman–Crippen MR) is 56.2 cm³/mol. The lowest BCUT2D eigenvalue weighted by Crippen LogP contribution is -2.50. The molecule has 88 valence electrons. The minimum atomic E-state index is -0.191. The zero-order valence-corrected chi connectivity index (χ0v) is 9.49. The van der Waals surface area contributed by atoms with E-state index in [1.54, 1.807) is 0 Å². The highest BCUT2D eigenvalue weighted by Gasteiger charge is 2.18. The average molecular weight is 216 g/mol. The Morgan fingerprint density at radius 3 is 3.07 bits per heavy atom. The highest BCUT2D eigenvalue weighted by atomic mass is 16.7. The van der Waals surface area contributed by atoms with Crippen molar-refractivity contribution in [2.24, 2.45) is 0 Å². The van der Waals surface area contributed by atoms with E-state index in [1.165, 1.54) is 0 Å². The van der Waals surface area contributed by atoms with E-state index in [0.717, 1.165) is 26.1 Å². The van der Waals surface area contributed by atoms with Gasteiger partial charge in [0.05, 0.1) is 0 Å².